The lowest BCUT2D eigenvalue weighted by Crippen LogP contribution is -1.99. The first kappa shape index (κ1) is 16.5. The number of aryl methyl sites for hydroxylation is 3. The third-order valence-electron chi connectivity index (χ3n) is 4.64. The number of nitrogens with two attached hydrogens (primary N) is 1. The van der Waals surface area contributed by atoms with Crippen LogP contribution in [-0.4, -0.2) is 11.5 Å². The van der Waals surface area contributed by atoms with Crippen LogP contribution in [0, 0.1) is 17.4 Å². The molecule has 23 heavy (non-hydrogen) atoms. The van der Waals surface area contributed by atoms with Gasteiger partial charge in [-0.2, -0.15) is 0 Å². The molecule has 1 aromatic heterocycles. The van der Waals surface area contributed by atoms with Crippen LogP contribution in [-0.2, 0) is 6.42 Å². The fourth-order valence-corrected chi connectivity index (χ4v) is 3.82. The summed E-state index contributed by atoms with van der Waals surface area (Å²) >= 11 is 2.43. The Hall–Kier alpha value is -1.33. The number of hydrogen-bond acceptors (Lipinski definition) is 1. The Kier molecular flexibility index (Phi) is 5.07. The van der Waals surface area contributed by atoms with Gasteiger partial charge in [-0.15, -0.1) is 0 Å². The van der Waals surface area contributed by atoms with Crippen molar-refractivity contribution in [2.45, 2.75) is 33.1 Å². The van der Waals surface area contributed by atoms with E-state index < -0.39 is 0 Å². The van der Waals surface area contributed by atoms with Gasteiger partial charge in [0.1, 0.15) is 0 Å². The molecule has 0 atom stereocenters. The maximum Gasteiger partial charge on any atom is 0.0508 e. The van der Waals surface area contributed by atoms with Gasteiger partial charge in [-0.3, -0.25) is 0 Å². The molecule has 0 unspecified atom stereocenters. The predicted molar refractivity (Wildman–Crippen MR) is 108 cm³/mol. The van der Waals surface area contributed by atoms with Crippen molar-refractivity contribution in [3.63, 3.8) is 0 Å². The van der Waals surface area contributed by atoms with Crippen molar-refractivity contribution in [2.24, 2.45) is 5.73 Å². The molecule has 0 amide bonds. The van der Waals surface area contributed by atoms with Crippen LogP contribution in [0.2, 0.25) is 0 Å². The van der Waals surface area contributed by atoms with Crippen LogP contribution < -0.4 is 5.73 Å². The molecule has 3 heteroatoms. The van der Waals surface area contributed by atoms with Crippen molar-refractivity contribution >= 4 is 33.5 Å². The molecule has 0 radical (unpaired) electrons. The smallest absolute Gasteiger partial charge is 0.0508 e. The summed E-state index contributed by atoms with van der Waals surface area (Å²) in [5.74, 6) is 0. The molecular formula is C20H23IN2. The predicted octanol–water partition coefficient (Wildman–Crippen LogP) is 5.34. The van der Waals surface area contributed by atoms with Crippen molar-refractivity contribution in [1.29, 1.82) is 0 Å². The summed E-state index contributed by atoms with van der Waals surface area (Å²) in [7, 11) is 0. The summed E-state index contributed by atoms with van der Waals surface area (Å²) in [5, 5.41) is 1.36. The molecule has 0 bridgehead atoms. The highest BCUT2D eigenvalue weighted by atomic mass is 127. The standard InChI is InChI=1S/C20H23IN2/c1-13-10-11-16-15(7-5-6-12-22)20(23-19(16)14(13)2)17-8-3-4-9-18(17)21/h3-4,8-11,23H,5-7,12,22H2,1-2H3. The zero-order chi connectivity index (χ0) is 16.4. The second-order valence-corrected chi connectivity index (χ2v) is 7.30. The third kappa shape index (κ3) is 3.17. The monoisotopic (exact) mass is 418 g/mol. The third-order valence-corrected chi connectivity index (χ3v) is 5.58. The number of aromatic amines is 1. The van der Waals surface area contributed by atoms with Gasteiger partial charge in [-0.05, 0) is 85.0 Å². The minimum Gasteiger partial charge on any atom is -0.354 e. The average Bonchev–Trinajstić information content (AvgIpc) is 2.91. The van der Waals surface area contributed by atoms with Crippen molar-refractivity contribution in [1.82, 2.24) is 4.98 Å². The van der Waals surface area contributed by atoms with E-state index in [0.717, 1.165) is 25.8 Å². The number of rotatable bonds is 5. The lowest BCUT2D eigenvalue weighted by molar-refractivity contribution is 0.748. The number of fused-ring (bicyclic) bond motifs is 1. The molecule has 0 aliphatic heterocycles. The Morgan fingerprint density at radius 1 is 1.04 bits per heavy atom. The number of halogens is 1. The highest BCUT2D eigenvalue weighted by molar-refractivity contribution is 14.1. The minimum absolute atomic E-state index is 0.763. The molecule has 2 aromatic carbocycles. The van der Waals surface area contributed by atoms with Gasteiger partial charge in [0.2, 0.25) is 0 Å². The number of hydrogen-bond donors (Lipinski definition) is 2. The fraction of sp³-hybridized carbons (Fsp3) is 0.300. The minimum atomic E-state index is 0.763. The van der Waals surface area contributed by atoms with Gasteiger partial charge >= 0.3 is 0 Å². The van der Waals surface area contributed by atoms with E-state index in [4.69, 9.17) is 5.73 Å². The van der Waals surface area contributed by atoms with Gasteiger partial charge in [0, 0.05) is 20.0 Å². The van der Waals surface area contributed by atoms with Gasteiger partial charge in [0.05, 0.1) is 5.69 Å². The molecular weight excluding hydrogens is 395 g/mol. The first-order valence-electron chi connectivity index (χ1n) is 8.19. The first-order chi connectivity index (χ1) is 11.1. The van der Waals surface area contributed by atoms with Crippen LogP contribution in [0.4, 0.5) is 0 Å². The lowest BCUT2D eigenvalue weighted by atomic mass is 9.98. The van der Waals surface area contributed by atoms with E-state index in [1.54, 1.807) is 0 Å². The number of unbranched alkanes of at least 4 members (excludes halogenated alkanes) is 1. The largest absolute Gasteiger partial charge is 0.354 e. The molecule has 0 fully saturated rings. The normalized spacial score (nSPS) is 11.3. The summed E-state index contributed by atoms with van der Waals surface area (Å²) in [6, 6.07) is 13.1. The Balaban J connectivity index is 2.21. The Bertz CT molecular complexity index is 833. The van der Waals surface area contributed by atoms with E-state index in [-0.39, 0.29) is 0 Å². The average molecular weight is 418 g/mol. The lowest BCUT2D eigenvalue weighted by Gasteiger charge is -2.07. The van der Waals surface area contributed by atoms with Crippen molar-refractivity contribution in [2.75, 3.05) is 6.54 Å². The highest BCUT2D eigenvalue weighted by Crippen LogP contribution is 2.35. The summed E-state index contributed by atoms with van der Waals surface area (Å²) < 4.78 is 1.28. The van der Waals surface area contributed by atoms with E-state index in [9.17, 15) is 0 Å². The van der Waals surface area contributed by atoms with Gasteiger partial charge in [-0.1, -0.05) is 30.3 Å². The Morgan fingerprint density at radius 2 is 1.83 bits per heavy atom. The summed E-state index contributed by atoms with van der Waals surface area (Å²) in [4.78, 5) is 3.72. The number of H-pyrrole nitrogens is 1. The van der Waals surface area contributed by atoms with E-state index in [2.05, 4.69) is 77.8 Å². The maximum atomic E-state index is 5.69. The first-order valence-corrected chi connectivity index (χ1v) is 9.27. The molecule has 120 valence electrons. The molecule has 3 N–H and O–H groups in total. The molecule has 0 saturated carbocycles. The second kappa shape index (κ2) is 7.05. The van der Waals surface area contributed by atoms with Crippen LogP contribution in [0.5, 0.6) is 0 Å². The van der Waals surface area contributed by atoms with E-state index in [1.807, 2.05) is 0 Å². The van der Waals surface area contributed by atoms with Crippen LogP contribution in [0.3, 0.4) is 0 Å². The molecule has 2 nitrogen and oxygen atoms in total. The zero-order valence-electron chi connectivity index (χ0n) is 13.7. The maximum absolute atomic E-state index is 5.69. The zero-order valence-corrected chi connectivity index (χ0v) is 15.9. The molecule has 3 aromatic rings. The second-order valence-electron chi connectivity index (χ2n) is 6.13. The number of nitrogens with one attached hydrogen (secondary N) is 1. The highest BCUT2D eigenvalue weighted by Gasteiger charge is 2.16. The van der Waals surface area contributed by atoms with E-state index in [0.29, 0.717) is 0 Å². The van der Waals surface area contributed by atoms with Crippen LogP contribution in [0.1, 0.15) is 29.5 Å². The molecule has 1 heterocycles. The molecule has 3 rings (SSSR count). The molecule has 0 spiro atoms. The molecule has 0 aliphatic rings. The van der Waals surface area contributed by atoms with Crippen molar-refractivity contribution in [3.05, 3.63) is 56.7 Å². The number of benzene rings is 2. The summed E-state index contributed by atoms with van der Waals surface area (Å²) in [6.45, 7) is 5.14. The van der Waals surface area contributed by atoms with Crippen LogP contribution >= 0.6 is 22.6 Å². The SMILES string of the molecule is Cc1ccc2c(CCCCN)c(-c3ccccc3I)[nH]c2c1C. The number of aromatic nitrogens is 1. The fourth-order valence-electron chi connectivity index (χ4n) is 3.16. The van der Waals surface area contributed by atoms with Gasteiger partial charge in [-0.25, -0.2) is 0 Å². The molecule has 0 aliphatic carbocycles. The Morgan fingerprint density at radius 3 is 2.57 bits per heavy atom. The van der Waals surface area contributed by atoms with Crippen molar-refractivity contribution < 1.29 is 0 Å². The summed E-state index contributed by atoms with van der Waals surface area (Å²) in [6.07, 6.45) is 3.27. The quantitative estimate of drug-likeness (QED) is 0.427. The molecule has 0 saturated heterocycles. The van der Waals surface area contributed by atoms with E-state index in [1.165, 1.54) is 42.4 Å². The topological polar surface area (TPSA) is 41.8 Å². The summed E-state index contributed by atoms with van der Waals surface area (Å²) in [5.41, 5.74) is 13.7. The van der Waals surface area contributed by atoms with Gasteiger partial charge < -0.3 is 10.7 Å². The Labute approximate surface area is 151 Å². The van der Waals surface area contributed by atoms with Crippen LogP contribution in [0.25, 0.3) is 22.2 Å². The van der Waals surface area contributed by atoms with Gasteiger partial charge in [0.15, 0.2) is 0 Å². The van der Waals surface area contributed by atoms with Crippen LogP contribution in [0.15, 0.2) is 36.4 Å². The van der Waals surface area contributed by atoms with Crippen molar-refractivity contribution in [3.8, 4) is 11.3 Å². The van der Waals surface area contributed by atoms with Gasteiger partial charge in [0.25, 0.3) is 0 Å². The van der Waals surface area contributed by atoms with E-state index >= 15 is 0 Å².